The summed E-state index contributed by atoms with van der Waals surface area (Å²) in [6.45, 7) is 0. The first kappa shape index (κ1) is 14.8. The molecular formula is C22H26O3. The van der Waals surface area contributed by atoms with Gasteiger partial charge in [0.2, 0.25) is 0 Å². The first-order valence-electron chi connectivity index (χ1n) is 10.1. The molecule has 1 aromatic rings. The number of hydrogen-bond donors (Lipinski definition) is 1. The van der Waals surface area contributed by atoms with Gasteiger partial charge in [-0.25, -0.2) is 4.79 Å². The van der Waals surface area contributed by atoms with Crippen LogP contribution in [0, 0.1) is 41.4 Å². The van der Waals surface area contributed by atoms with Crippen molar-refractivity contribution in [1.29, 1.82) is 0 Å². The minimum Gasteiger partial charge on any atom is -0.456 e. The third-order valence-electron chi connectivity index (χ3n) is 8.64. The summed E-state index contributed by atoms with van der Waals surface area (Å²) in [5.41, 5.74) is -0.195. The number of carbonyl (C=O) groups excluding carboxylic acids is 1. The summed E-state index contributed by atoms with van der Waals surface area (Å²) >= 11 is 0. The first-order chi connectivity index (χ1) is 12.1. The first-order valence-corrected chi connectivity index (χ1v) is 10.1. The molecule has 7 fully saturated rings. The zero-order chi connectivity index (χ0) is 16.8. The predicted molar refractivity (Wildman–Crippen MR) is 92.7 cm³/mol. The van der Waals surface area contributed by atoms with E-state index in [1.54, 1.807) is 12.1 Å². The fraction of sp³-hybridized carbons (Fsp3) is 0.682. The van der Waals surface area contributed by atoms with Gasteiger partial charge in [0.05, 0.1) is 5.56 Å². The highest BCUT2D eigenvalue weighted by atomic mass is 16.6. The molecule has 0 heterocycles. The van der Waals surface area contributed by atoms with E-state index in [0.29, 0.717) is 23.3 Å². The number of carbonyl (C=O) groups is 1. The van der Waals surface area contributed by atoms with Crippen molar-refractivity contribution in [3.8, 4) is 0 Å². The van der Waals surface area contributed by atoms with Crippen LogP contribution in [0.4, 0.5) is 0 Å². The quantitative estimate of drug-likeness (QED) is 0.837. The standard InChI is InChI=1S/C22H26O3/c23-21(13-4-2-1-3-5-13)25-20-9-17-14-6-12-7-15(17)19-11-22(20,24)10-18(14)16(19)8-12/h1-5,12,14-20,24H,6-11H2. The summed E-state index contributed by atoms with van der Waals surface area (Å²) in [4.78, 5) is 12.6. The third-order valence-corrected chi connectivity index (χ3v) is 8.64. The number of aliphatic hydroxyl groups is 1. The van der Waals surface area contributed by atoms with Gasteiger partial charge in [-0.05, 0) is 92.1 Å². The third kappa shape index (κ3) is 1.94. The van der Waals surface area contributed by atoms with E-state index in [-0.39, 0.29) is 12.1 Å². The average Bonchev–Trinajstić information content (AvgIpc) is 2.81. The highest BCUT2D eigenvalue weighted by Crippen LogP contribution is 2.70. The fourth-order valence-corrected chi connectivity index (χ4v) is 7.91. The molecule has 5 atom stereocenters. The Morgan fingerprint density at radius 2 is 1.44 bits per heavy atom. The average molecular weight is 338 g/mol. The van der Waals surface area contributed by atoms with Gasteiger partial charge in [0.15, 0.2) is 0 Å². The van der Waals surface area contributed by atoms with Crippen LogP contribution in [-0.2, 0) is 4.74 Å². The largest absolute Gasteiger partial charge is 0.456 e. The van der Waals surface area contributed by atoms with Crippen molar-refractivity contribution in [3.05, 3.63) is 35.9 Å². The van der Waals surface area contributed by atoms with E-state index < -0.39 is 5.60 Å². The Hall–Kier alpha value is -1.35. The Labute approximate surface area is 148 Å². The molecule has 0 spiro atoms. The van der Waals surface area contributed by atoms with Crippen molar-refractivity contribution in [3.63, 3.8) is 0 Å². The summed E-state index contributed by atoms with van der Waals surface area (Å²) < 4.78 is 5.97. The van der Waals surface area contributed by atoms with Crippen molar-refractivity contribution in [2.75, 3.05) is 0 Å². The highest BCUT2D eigenvalue weighted by Gasteiger charge is 2.67. The van der Waals surface area contributed by atoms with Gasteiger partial charge in [-0.1, -0.05) is 18.2 Å². The van der Waals surface area contributed by atoms with Gasteiger partial charge in [0.1, 0.15) is 11.7 Å². The Bertz CT molecular complexity index is 689. The second-order valence-corrected chi connectivity index (χ2v) is 9.56. The fourth-order valence-electron chi connectivity index (χ4n) is 7.91. The Balaban J connectivity index is 1.34. The molecule has 0 aromatic heterocycles. The lowest BCUT2D eigenvalue weighted by molar-refractivity contribution is -0.187. The molecule has 25 heavy (non-hydrogen) atoms. The maximum Gasteiger partial charge on any atom is 0.338 e. The van der Waals surface area contributed by atoms with Crippen LogP contribution in [0.1, 0.15) is 48.9 Å². The maximum absolute atomic E-state index is 12.6. The molecular weight excluding hydrogens is 312 g/mol. The Kier molecular flexibility index (Phi) is 2.88. The van der Waals surface area contributed by atoms with Crippen molar-refractivity contribution >= 4 is 5.97 Å². The van der Waals surface area contributed by atoms with Crippen molar-refractivity contribution in [2.24, 2.45) is 41.4 Å². The topological polar surface area (TPSA) is 46.5 Å². The molecule has 1 aromatic carbocycles. The van der Waals surface area contributed by atoms with Gasteiger partial charge in [0.25, 0.3) is 0 Å². The Morgan fingerprint density at radius 1 is 0.880 bits per heavy atom. The van der Waals surface area contributed by atoms with Crippen molar-refractivity contribution < 1.29 is 14.6 Å². The molecule has 1 N–H and O–H groups in total. The van der Waals surface area contributed by atoms with Crippen molar-refractivity contribution in [2.45, 2.75) is 50.2 Å². The van der Waals surface area contributed by atoms with Gasteiger partial charge in [-0.15, -0.1) is 0 Å². The second kappa shape index (κ2) is 4.88. The minimum absolute atomic E-state index is 0.269. The van der Waals surface area contributed by atoms with E-state index in [1.807, 2.05) is 18.2 Å². The van der Waals surface area contributed by atoms with Gasteiger partial charge >= 0.3 is 5.97 Å². The number of fused-ring (bicyclic) bond motifs is 1. The molecule has 132 valence electrons. The molecule has 5 unspecified atom stereocenters. The molecule has 0 amide bonds. The van der Waals surface area contributed by atoms with Crippen LogP contribution < -0.4 is 0 Å². The smallest absolute Gasteiger partial charge is 0.338 e. The van der Waals surface area contributed by atoms with Gasteiger partial charge in [-0.2, -0.15) is 0 Å². The van der Waals surface area contributed by atoms with Gasteiger partial charge in [0, 0.05) is 0 Å². The SMILES string of the molecule is O=C(OC1CC2C3CC4CC2C2CC1(O)CC3C2C4)c1ccccc1. The summed E-state index contributed by atoms with van der Waals surface area (Å²) in [6, 6.07) is 9.24. The van der Waals surface area contributed by atoms with E-state index in [4.69, 9.17) is 4.74 Å². The molecule has 7 aliphatic carbocycles. The van der Waals surface area contributed by atoms with Crippen LogP contribution in [-0.4, -0.2) is 22.8 Å². The van der Waals surface area contributed by atoms with E-state index >= 15 is 0 Å². The molecule has 0 radical (unpaired) electrons. The van der Waals surface area contributed by atoms with E-state index in [9.17, 15) is 9.90 Å². The predicted octanol–water partition coefficient (Wildman–Crippen LogP) is 3.67. The van der Waals surface area contributed by atoms with Crippen LogP contribution in [0.3, 0.4) is 0 Å². The number of benzene rings is 1. The molecule has 7 saturated carbocycles. The van der Waals surface area contributed by atoms with Gasteiger partial charge in [-0.3, -0.25) is 0 Å². The number of esters is 1. The molecule has 0 aliphatic heterocycles. The molecule has 0 saturated heterocycles. The van der Waals surface area contributed by atoms with Crippen LogP contribution in [0.15, 0.2) is 30.3 Å². The van der Waals surface area contributed by atoms with Crippen LogP contribution in [0.2, 0.25) is 0 Å². The summed E-state index contributed by atoms with van der Waals surface area (Å²) in [5, 5.41) is 11.5. The van der Waals surface area contributed by atoms with E-state index in [0.717, 1.165) is 42.9 Å². The van der Waals surface area contributed by atoms with E-state index in [2.05, 4.69) is 0 Å². The summed E-state index contributed by atoms with van der Waals surface area (Å²) in [7, 11) is 0. The highest BCUT2D eigenvalue weighted by molar-refractivity contribution is 5.89. The molecule has 7 aliphatic rings. The minimum atomic E-state index is -0.789. The van der Waals surface area contributed by atoms with Gasteiger partial charge < -0.3 is 9.84 Å². The summed E-state index contributed by atoms with van der Waals surface area (Å²) in [5.74, 6) is 5.13. The molecule has 8 rings (SSSR count). The summed E-state index contributed by atoms with van der Waals surface area (Å²) in [6.07, 6.45) is 6.43. The monoisotopic (exact) mass is 338 g/mol. The number of rotatable bonds is 2. The molecule has 8 bridgehead atoms. The van der Waals surface area contributed by atoms with Crippen LogP contribution in [0.5, 0.6) is 0 Å². The second-order valence-electron chi connectivity index (χ2n) is 9.56. The number of ether oxygens (including phenoxy) is 1. The number of hydrogen-bond acceptors (Lipinski definition) is 3. The normalized spacial score (nSPS) is 51.6. The van der Waals surface area contributed by atoms with Crippen LogP contribution >= 0.6 is 0 Å². The lowest BCUT2D eigenvalue weighted by Gasteiger charge is -2.64. The molecule has 3 nitrogen and oxygen atoms in total. The zero-order valence-corrected chi connectivity index (χ0v) is 14.5. The zero-order valence-electron chi connectivity index (χ0n) is 14.5. The lowest BCUT2D eigenvalue weighted by atomic mass is 9.41. The van der Waals surface area contributed by atoms with Crippen molar-refractivity contribution in [1.82, 2.24) is 0 Å². The Morgan fingerprint density at radius 3 is 2.08 bits per heavy atom. The maximum atomic E-state index is 12.6. The van der Waals surface area contributed by atoms with Crippen LogP contribution in [0.25, 0.3) is 0 Å². The van der Waals surface area contributed by atoms with E-state index in [1.165, 1.54) is 19.3 Å². The lowest BCUT2D eigenvalue weighted by Crippen LogP contribution is -2.60. The molecule has 3 heteroatoms.